The van der Waals surface area contributed by atoms with E-state index < -0.39 is 20.0 Å². The van der Waals surface area contributed by atoms with Gasteiger partial charge in [-0.05, 0) is 61.4 Å². The molecule has 0 unspecified atom stereocenters. The molecule has 0 radical (unpaired) electrons. The van der Waals surface area contributed by atoms with Crippen LogP contribution in [0, 0.1) is 13.8 Å². The van der Waals surface area contributed by atoms with Gasteiger partial charge in [0.1, 0.15) is 0 Å². The summed E-state index contributed by atoms with van der Waals surface area (Å²) in [5.74, 6) is 0. The van der Waals surface area contributed by atoms with Crippen LogP contribution in [0.4, 0.5) is 0 Å². The Balaban J connectivity index is 1.53. The first-order chi connectivity index (χ1) is 14.5. The highest BCUT2D eigenvalue weighted by atomic mass is 79.9. The predicted octanol–water partition coefficient (Wildman–Crippen LogP) is 3.11. The van der Waals surface area contributed by atoms with E-state index in [0.717, 1.165) is 20.1 Å². The van der Waals surface area contributed by atoms with Crippen molar-refractivity contribution in [2.24, 2.45) is 0 Å². The molecule has 2 aromatic carbocycles. The van der Waals surface area contributed by atoms with Gasteiger partial charge in [-0.25, -0.2) is 21.6 Å². The monoisotopic (exact) mass is 593 g/mol. The third-order valence-corrected chi connectivity index (χ3v) is 10.4. The number of hydrogen-bond donors (Lipinski definition) is 1. The summed E-state index contributed by atoms with van der Waals surface area (Å²) >= 11 is 6.76. The second-order valence-corrected chi connectivity index (χ2v) is 12.9. The van der Waals surface area contributed by atoms with Crippen LogP contribution in [-0.4, -0.2) is 65.3 Å². The molecule has 11 heteroatoms. The molecule has 170 valence electrons. The van der Waals surface area contributed by atoms with Gasteiger partial charge in [0.15, 0.2) is 0 Å². The molecule has 0 aliphatic carbocycles. The lowest BCUT2D eigenvalue weighted by Crippen LogP contribution is -2.50. The minimum absolute atomic E-state index is 0.230. The van der Waals surface area contributed by atoms with Crippen LogP contribution in [0.25, 0.3) is 0 Å². The summed E-state index contributed by atoms with van der Waals surface area (Å²) in [6.45, 7) is 6.31. The Labute approximate surface area is 201 Å². The van der Waals surface area contributed by atoms with Gasteiger partial charge in [-0.1, -0.05) is 31.9 Å². The van der Waals surface area contributed by atoms with E-state index >= 15 is 0 Å². The van der Waals surface area contributed by atoms with Crippen LogP contribution >= 0.6 is 31.9 Å². The van der Waals surface area contributed by atoms with Gasteiger partial charge in [-0.3, -0.25) is 4.90 Å². The zero-order valence-corrected chi connectivity index (χ0v) is 22.1. The molecule has 1 heterocycles. The molecule has 1 saturated heterocycles. The molecule has 0 aromatic heterocycles. The molecule has 0 atom stereocenters. The van der Waals surface area contributed by atoms with Crippen LogP contribution in [0.2, 0.25) is 0 Å². The van der Waals surface area contributed by atoms with Crippen LogP contribution in [0.15, 0.2) is 55.1 Å². The number of rotatable bonds is 7. The normalized spacial score (nSPS) is 16.5. The van der Waals surface area contributed by atoms with Crippen LogP contribution < -0.4 is 4.72 Å². The average Bonchev–Trinajstić information content (AvgIpc) is 2.72. The molecule has 1 aliphatic heterocycles. The van der Waals surface area contributed by atoms with E-state index in [4.69, 9.17) is 0 Å². The molecule has 7 nitrogen and oxygen atoms in total. The molecule has 1 N–H and O–H groups in total. The van der Waals surface area contributed by atoms with Crippen molar-refractivity contribution in [1.82, 2.24) is 13.9 Å². The Morgan fingerprint density at radius 1 is 0.839 bits per heavy atom. The summed E-state index contributed by atoms with van der Waals surface area (Å²) < 4.78 is 56.6. The van der Waals surface area contributed by atoms with Crippen LogP contribution in [0.5, 0.6) is 0 Å². The zero-order chi connectivity index (χ0) is 22.8. The first kappa shape index (κ1) is 24.8. The minimum Gasteiger partial charge on any atom is -0.299 e. The van der Waals surface area contributed by atoms with Gasteiger partial charge in [0.25, 0.3) is 0 Å². The fourth-order valence-corrected chi connectivity index (χ4v) is 6.43. The largest absolute Gasteiger partial charge is 0.299 e. The van der Waals surface area contributed by atoms with Gasteiger partial charge >= 0.3 is 0 Å². The quantitative estimate of drug-likeness (QED) is 0.532. The predicted molar refractivity (Wildman–Crippen MR) is 128 cm³/mol. The molecule has 1 aliphatic rings. The number of halogens is 2. The standard InChI is InChI=1S/C20H25Br2N3O4S2/c1-15-13-17(3-5-19(15)21)30(26,27)23-7-8-24-9-11-25(12-10-24)31(28,29)18-4-6-20(22)16(2)14-18/h3-6,13-14,23H,7-12H2,1-2H3. The van der Waals surface area contributed by atoms with Crippen molar-refractivity contribution >= 4 is 51.9 Å². The van der Waals surface area contributed by atoms with Crippen molar-refractivity contribution in [3.05, 3.63) is 56.5 Å². The Morgan fingerprint density at radius 3 is 1.90 bits per heavy atom. The molecule has 0 spiro atoms. The fourth-order valence-electron chi connectivity index (χ4n) is 3.33. The maximum atomic E-state index is 12.9. The van der Waals surface area contributed by atoms with E-state index in [2.05, 4.69) is 41.5 Å². The van der Waals surface area contributed by atoms with Gasteiger partial charge in [-0.2, -0.15) is 4.31 Å². The van der Waals surface area contributed by atoms with E-state index in [9.17, 15) is 16.8 Å². The van der Waals surface area contributed by atoms with Crippen molar-refractivity contribution in [1.29, 1.82) is 0 Å². The summed E-state index contributed by atoms with van der Waals surface area (Å²) in [7, 11) is -7.13. The number of aryl methyl sites for hydroxylation is 2. The Kier molecular flexibility index (Phi) is 7.99. The molecule has 0 bridgehead atoms. The first-order valence-electron chi connectivity index (χ1n) is 9.75. The van der Waals surface area contributed by atoms with Crippen LogP contribution in [-0.2, 0) is 20.0 Å². The van der Waals surface area contributed by atoms with Crippen LogP contribution in [0.3, 0.4) is 0 Å². The second kappa shape index (κ2) is 9.98. The van der Waals surface area contributed by atoms with Gasteiger partial charge in [0.05, 0.1) is 9.79 Å². The lowest BCUT2D eigenvalue weighted by molar-refractivity contribution is 0.191. The highest BCUT2D eigenvalue weighted by molar-refractivity contribution is 9.10. The Bertz CT molecular complexity index is 1160. The maximum Gasteiger partial charge on any atom is 0.243 e. The third kappa shape index (κ3) is 5.95. The Hall–Kier alpha value is -0.820. The van der Waals surface area contributed by atoms with E-state index in [0.29, 0.717) is 37.6 Å². The summed E-state index contributed by atoms with van der Waals surface area (Å²) in [6.07, 6.45) is 0. The average molecular weight is 595 g/mol. The van der Waals surface area contributed by atoms with Crippen molar-refractivity contribution < 1.29 is 16.8 Å². The number of nitrogens with one attached hydrogen (secondary N) is 1. The zero-order valence-electron chi connectivity index (χ0n) is 17.3. The smallest absolute Gasteiger partial charge is 0.243 e. The molecular formula is C20H25Br2N3O4S2. The molecule has 1 fully saturated rings. The number of hydrogen-bond acceptors (Lipinski definition) is 5. The van der Waals surface area contributed by atoms with E-state index in [1.54, 1.807) is 36.4 Å². The van der Waals surface area contributed by atoms with Gasteiger partial charge in [0, 0.05) is 48.2 Å². The highest BCUT2D eigenvalue weighted by Crippen LogP contribution is 2.23. The van der Waals surface area contributed by atoms with Gasteiger partial charge < -0.3 is 0 Å². The SMILES string of the molecule is Cc1cc(S(=O)(=O)NCCN2CCN(S(=O)(=O)c3ccc(Br)c(C)c3)CC2)ccc1Br. The summed E-state index contributed by atoms with van der Waals surface area (Å²) in [5, 5.41) is 0. The van der Waals surface area contributed by atoms with E-state index in [1.807, 2.05) is 13.8 Å². The minimum atomic E-state index is -3.59. The number of piperazine rings is 1. The van der Waals surface area contributed by atoms with E-state index in [1.165, 1.54) is 4.31 Å². The van der Waals surface area contributed by atoms with Crippen molar-refractivity contribution in [3.63, 3.8) is 0 Å². The molecule has 0 amide bonds. The number of sulfonamides is 2. The van der Waals surface area contributed by atoms with Crippen molar-refractivity contribution in [3.8, 4) is 0 Å². The van der Waals surface area contributed by atoms with Crippen LogP contribution in [0.1, 0.15) is 11.1 Å². The first-order valence-corrected chi connectivity index (χ1v) is 14.3. The molecular weight excluding hydrogens is 570 g/mol. The third-order valence-electron chi connectivity index (χ3n) is 5.26. The summed E-state index contributed by atoms with van der Waals surface area (Å²) in [6, 6.07) is 9.93. The molecule has 31 heavy (non-hydrogen) atoms. The molecule has 0 saturated carbocycles. The summed E-state index contributed by atoms with van der Waals surface area (Å²) in [5.41, 5.74) is 1.72. The summed E-state index contributed by atoms with van der Waals surface area (Å²) in [4.78, 5) is 2.59. The Morgan fingerprint density at radius 2 is 1.35 bits per heavy atom. The fraction of sp³-hybridized carbons (Fsp3) is 0.400. The number of benzene rings is 2. The molecule has 3 rings (SSSR count). The van der Waals surface area contributed by atoms with Gasteiger partial charge in [0.2, 0.25) is 20.0 Å². The van der Waals surface area contributed by atoms with Gasteiger partial charge in [-0.15, -0.1) is 0 Å². The number of nitrogens with zero attached hydrogens (tertiary/aromatic N) is 2. The lowest BCUT2D eigenvalue weighted by atomic mass is 10.2. The van der Waals surface area contributed by atoms with Crippen molar-refractivity contribution in [2.75, 3.05) is 39.3 Å². The lowest BCUT2D eigenvalue weighted by Gasteiger charge is -2.34. The van der Waals surface area contributed by atoms with E-state index in [-0.39, 0.29) is 11.4 Å². The molecule has 2 aromatic rings. The topological polar surface area (TPSA) is 86.8 Å². The second-order valence-electron chi connectivity index (χ2n) is 7.47. The van der Waals surface area contributed by atoms with Crippen molar-refractivity contribution in [2.45, 2.75) is 23.6 Å². The highest BCUT2D eigenvalue weighted by Gasteiger charge is 2.28. The maximum absolute atomic E-state index is 12.9.